The van der Waals surface area contributed by atoms with Crippen LogP contribution in [0.3, 0.4) is 0 Å². The van der Waals surface area contributed by atoms with Crippen molar-refractivity contribution in [2.75, 3.05) is 7.11 Å². The number of carbonyl (C=O) groups is 1. The van der Waals surface area contributed by atoms with Crippen LogP contribution in [0.4, 0.5) is 13.2 Å². The molecule has 0 fully saturated rings. The number of alkyl halides is 3. The fraction of sp³-hybridized carbons (Fsp3) is 0.417. The van der Waals surface area contributed by atoms with Crippen molar-refractivity contribution in [2.45, 2.75) is 25.4 Å². The molecule has 0 N–H and O–H groups in total. The van der Waals surface area contributed by atoms with E-state index in [1.54, 1.807) is 0 Å². The maximum atomic E-state index is 12.6. The Morgan fingerprint density at radius 1 is 1.28 bits per heavy atom. The number of esters is 1. The molecule has 0 saturated carbocycles. The van der Waals surface area contributed by atoms with Crippen molar-refractivity contribution in [2.24, 2.45) is 0 Å². The van der Waals surface area contributed by atoms with Crippen LogP contribution in [-0.4, -0.2) is 13.1 Å². The quantitative estimate of drug-likeness (QED) is 0.771. The van der Waals surface area contributed by atoms with Crippen LogP contribution in [0, 0.1) is 0 Å². The van der Waals surface area contributed by atoms with E-state index < -0.39 is 23.1 Å². The summed E-state index contributed by atoms with van der Waals surface area (Å²) in [5, 5.41) is 0. The highest BCUT2D eigenvalue weighted by molar-refractivity contribution is 9.10. The highest BCUT2D eigenvalue weighted by atomic mass is 79.9. The Hall–Kier alpha value is -1.04. The average Bonchev–Trinajstić information content (AvgIpc) is 2.26. The molecule has 0 aliphatic carbocycles. The van der Waals surface area contributed by atoms with E-state index >= 15 is 0 Å². The largest absolute Gasteiger partial charge is 0.468 e. The van der Waals surface area contributed by atoms with Gasteiger partial charge in [-0.1, -0.05) is 15.9 Å². The third-order valence-electron chi connectivity index (χ3n) is 2.66. The summed E-state index contributed by atoms with van der Waals surface area (Å²) in [5.41, 5.74) is -1.71. The van der Waals surface area contributed by atoms with Crippen LogP contribution >= 0.6 is 15.9 Å². The average molecular weight is 325 g/mol. The van der Waals surface area contributed by atoms with Gasteiger partial charge in [0.25, 0.3) is 0 Å². The van der Waals surface area contributed by atoms with Gasteiger partial charge in [0.15, 0.2) is 0 Å². The normalized spacial score (nSPS) is 12.4. The fourth-order valence-corrected chi connectivity index (χ4v) is 2.29. The Kier molecular flexibility index (Phi) is 4.10. The minimum Gasteiger partial charge on any atom is -0.468 e. The molecule has 0 bridgehead atoms. The second kappa shape index (κ2) is 4.91. The Balaban J connectivity index is 3.36. The predicted molar refractivity (Wildman–Crippen MR) is 64.2 cm³/mol. The van der Waals surface area contributed by atoms with Crippen LogP contribution in [0.1, 0.15) is 25.0 Å². The third kappa shape index (κ3) is 2.85. The van der Waals surface area contributed by atoms with Crippen LogP contribution in [-0.2, 0) is 21.1 Å². The van der Waals surface area contributed by atoms with E-state index in [2.05, 4.69) is 20.7 Å². The summed E-state index contributed by atoms with van der Waals surface area (Å²) in [6, 6.07) is 3.20. The first-order valence-corrected chi connectivity index (χ1v) is 5.85. The topological polar surface area (TPSA) is 26.3 Å². The Morgan fingerprint density at radius 2 is 1.83 bits per heavy atom. The van der Waals surface area contributed by atoms with Crippen molar-refractivity contribution in [3.8, 4) is 0 Å². The molecular formula is C12H12BrF3O2. The van der Waals surface area contributed by atoms with Gasteiger partial charge in [-0.3, -0.25) is 4.79 Å². The summed E-state index contributed by atoms with van der Waals surface area (Å²) in [4.78, 5) is 11.6. The molecule has 1 aromatic carbocycles. The fourth-order valence-electron chi connectivity index (χ4n) is 1.55. The van der Waals surface area contributed by atoms with Crippen LogP contribution in [0.2, 0.25) is 0 Å². The number of hydrogen-bond acceptors (Lipinski definition) is 2. The second-order valence-corrected chi connectivity index (χ2v) is 5.16. The lowest BCUT2D eigenvalue weighted by molar-refractivity contribution is -0.146. The van der Waals surface area contributed by atoms with E-state index in [9.17, 15) is 18.0 Å². The van der Waals surface area contributed by atoms with Gasteiger partial charge in [0.2, 0.25) is 0 Å². The molecule has 0 aliphatic rings. The van der Waals surface area contributed by atoms with Gasteiger partial charge in [0.1, 0.15) is 0 Å². The van der Waals surface area contributed by atoms with Gasteiger partial charge in [-0.05, 0) is 37.6 Å². The SMILES string of the molecule is COC(=O)C(C)(C)c1cc(C(F)(F)F)ccc1Br. The summed E-state index contributed by atoms with van der Waals surface area (Å²) in [6.45, 7) is 3.03. The van der Waals surface area contributed by atoms with Crippen molar-refractivity contribution in [1.82, 2.24) is 0 Å². The molecule has 100 valence electrons. The molecule has 0 aromatic heterocycles. The molecule has 0 unspecified atom stereocenters. The molecule has 2 nitrogen and oxygen atoms in total. The molecule has 1 rings (SSSR count). The van der Waals surface area contributed by atoms with Crippen molar-refractivity contribution >= 4 is 21.9 Å². The smallest absolute Gasteiger partial charge is 0.416 e. The maximum Gasteiger partial charge on any atom is 0.416 e. The molecular weight excluding hydrogens is 313 g/mol. The first-order valence-electron chi connectivity index (χ1n) is 5.06. The van der Waals surface area contributed by atoms with Gasteiger partial charge in [-0.15, -0.1) is 0 Å². The molecule has 6 heteroatoms. The van der Waals surface area contributed by atoms with Crippen molar-refractivity contribution in [3.05, 3.63) is 33.8 Å². The van der Waals surface area contributed by atoms with Crippen molar-refractivity contribution in [3.63, 3.8) is 0 Å². The number of carbonyl (C=O) groups excluding carboxylic acids is 1. The summed E-state index contributed by atoms with van der Waals surface area (Å²) >= 11 is 3.16. The zero-order chi connectivity index (χ0) is 14.1. The Labute approximate surface area is 111 Å². The van der Waals surface area contributed by atoms with E-state index in [0.717, 1.165) is 12.1 Å². The third-order valence-corrected chi connectivity index (χ3v) is 3.35. The molecule has 0 saturated heterocycles. The molecule has 0 atom stereocenters. The number of ether oxygens (including phenoxy) is 1. The van der Waals surface area contributed by atoms with Gasteiger partial charge >= 0.3 is 12.1 Å². The molecule has 0 aliphatic heterocycles. The molecule has 1 aromatic rings. The van der Waals surface area contributed by atoms with Crippen LogP contribution < -0.4 is 0 Å². The predicted octanol–water partition coefficient (Wildman–Crippen LogP) is 3.92. The molecule has 18 heavy (non-hydrogen) atoms. The standard InChI is InChI=1S/C12H12BrF3O2/c1-11(2,10(17)18-3)8-6-7(12(14,15)16)4-5-9(8)13/h4-6H,1-3H3. The van der Waals surface area contributed by atoms with E-state index in [4.69, 9.17) is 0 Å². The van der Waals surface area contributed by atoms with E-state index in [-0.39, 0.29) is 5.56 Å². The van der Waals surface area contributed by atoms with Crippen LogP contribution in [0.25, 0.3) is 0 Å². The van der Waals surface area contributed by atoms with E-state index in [0.29, 0.717) is 4.47 Å². The first kappa shape index (κ1) is 15.0. The summed E-state index contributed by atoms with van der Waals surface area (Å²) in [6.07, 6.45) is -4.44. The minimum absolute atomic E-state index is 0.240. The molecule has 0 radical (unpaired) electrons. The highest BCUT2D eigenvalue weighted by Gasteiger charge is 2.36. The number of methoxy groups -OCH3 is 1. The van der Waals surface area contributed by atoms with Gasteiger partial charge in [-0.2, -0.15) is 13.2 Å². The minimum atomic E-state index is -4.44. The van der Waals surface area contributed by atoms with Crippen molar-refractivity contribution < 1.29 is 22.7 Å². The number of benzene rings is 1. The second-order valence-electron chi connectivity index (χ2n) is 4.31. The summed E-state index contributed by atoms with van der Waals surface area (Å²) < 4.78 is 43.0. The Morgan fingerprint density at radius 3 is 2.28 bits per heavy atom. The van der Waals surface area contributed by atoms with E-state index in [1.807, 2.05) is 0 Å². The molecule has 0 heterocycles. The lowest BCUT2D eigenvalue weighted by atomic mass is 9.84. The monoisotopic (exact) mass is 324 g/mol. The zero-order valence-corrected chi connectivity index (χ0v) is 11.6. The first-order chi connectivity index (χ1) is 8.10. The number of halogens is 4. The summed E-state index contributed by atoms with van der Waals surface area (Å²) in [7, 11) is 1.20. The van der Waals surface area contributed by atoms with Gasteiger partial charge in [0.05, 0.1) is 18.1 Å². The van der Waals surface area contributed by atoms with Gasteiger partial charge in [0, 0.05) is 4.47 Å². The van der Waals surface area contributed by atoms with Crippen molar-refractivity contribution in [1.29, 1.82) is 0 Å². The lowest BCUT2D eigenvalue weighted by Gasteiger charge is -2.24. The van der Waals surface area contributed by atoms with Gasteiger partial charge < -0.3 is 4.74 Å². The van der Waals surface area contributed by atoms with Crippen LogP contribution in [0.15, 0.2) is 22.7 Å². The molecule has 0 spiro atoms. The number of rotatable bonds is 2. The van der Waals surface area contributed by atoms with E-state index in [1.165, 1.54) is 27.0 Å². The van der Waals surface area contributed by atoms with Crippen LogP contribution in [0.5, 0.6) is 0 Å². The Bertz CT molecular complexity index is 467. The summed E-state index contributed by atoms with van der Waals surface area (Å²) in [5.74, 6) is -0.595. The number of hydrogen-bond donors (Lipinski definition) is 0. The lowest BCUT2D eigenvalue weighted by Crippen LogP contribution is -2.31. The zero-order valence-electron chi connectivity index (χ0n) is 10.1. The highest BCUT2D eigenvalue weighted by Crippen LogP contribution is 2.37. The van der Waals surface area contributed by atoms with Gasteiger partial charge in [-0.25, -0.2) is 0 Å². The molecule has 0 amide bonds. The maximum absolute atomic E-state index is 12.6.